The van der Waals surface area contributed by atoms with Gasteiger partial charge in [0.2, 0.25) is 0 Å². The summed E-state index contributed by atoms with van der Waals surface area (Å²) in [6.07, 6.45) is 0. The smallest absolute Gasteiger partial charge is 0.339 e. The average Bonchev–Trinajstić information content (AvgIpc) is 2.72. The number of carboxylic acid groups (broad SMARTS) is 1. The zero-order valence-electron chi connectivity index (χ0n) is 9.38. The van der Waals surface area contributed by atoms with Gasteiger partial charge in [-0.1, -0.05) is 21.1 Å². The summed E-state index contributed by atoms with van der Waals surface area (Å²) in [6.45, 7) is 1.71. The Bertz CT molecular complexity index is 582. The Morgan fingerprint density at radius 3 is 2.94 bits per heavy atom. The van der Waals surface area contributed by atoms with Crippen LogP contribution in [-0.4, -0.2) is 21.2 Å². The number of hydrogen-bond donors (Lipinski definition) is 1. The molecule has 0 unspecified atom stereocenters. The lowest BCUT2D eigenvalue weighted by Crippen LogP contribution is -2.03. The van der Waals surface area contributed by atoms with Gasteiger partial charge in [-0.3, -0.25) is 0 Å². The van der Waals surface area contributed by atoms with Crippen LogP contribution in [0.25, 0.3) is 0 Å². The first-order valence-corrected chi connectivity index (χ1v) is 5.80. The standard InChI is InChI=1S/C11H9BrN2O4/c1-6-13-10(18-14-6)5-17-9-4-7(12)2-3-8(9)11(15)16/h2-4H,5H2,1H3,(H,15,16). The van der Waals surface area contributed by atoms with E-state index < -0.39 is 5.97 Å². The third kappa shape index (κ3) is 2.86. The highest BCUT2D eigenvalue weighted by Crippen LogP contribution is 2.24. The van der Waals surface area contributed by atoms with Crippen molar-refractivity contribution < 1.29 is 19.2 Å². The van der Waals surface area contributed by atoms with Gasteiger partial charge in [0.1, 0.15) is 11.3 Å². The van der Waals surface area contributed by atoms with Gasteiger partial charge in [0.15, 0.2) is 12.4 Å². The van der Waals surface area contributed by atoms with E-state index in [9.17, 15) is 4.79 Å². The topological polar surface area (TPSA) is 85.5 Å². The minimum Gasteiger partial charge on any atom is -0.483 e. The maximum Gasteiger partial charge on any atom is 0.339 e. The third-order valence-electron chi connectivity index (χ3n) is 2.09. The molecule has 1 aromatic carbocycles. The van der Waals surface area contributed by atoms with Crippen molar-refractivity contribution in [2.45, 2.75) is 13.5 Å². The van der Waals surface area contributed by atoms with Crippen LogP contribution in [-0.2, 0) is 6.61 Å². The monoisotopic (exact) mass is 312 g/mol. The van der Waals surface area contributed by atoms with Crippen LogP contribution in [0.2, 0.25) is 0 Å². The highest BCUT2D eigenvalue weighted by Gasteiger charge is 2.13. The number of carbonyl (C=O) groups is 1. The Labute approximate surface area is 111 Å². The minimum atomic E-state index is -1.06. The number of halogens is 1. The lowest BCUT2D eigenvalue weighted by atomic mass is 10.2. The second kappa shape index (κ2) is 5.18. The number of ether oxygens (including phenoxy) is 1. The van der Waals surface area contributed by atoms with E-state index in [-0.39, 0.29) is 17.9 Å². The van der Waals surface area contributed by atoms with Crippen molar-refractivity contribution in [3.05, 3.63) is 40.0 Å². The van der Waals surface area contributed by atoms with E-state index in [0.717, 1.165) is 4.47 Å². The van der Waals surface area contributed by atoms with Crippen LogP contribution in [0.4, 0.5) is 0 Å². The van der Waals surface area contributed by atoms with Gasteiger partial charge in [-0.25, -0.2) is 4.79 Å². The predicted octanol–water partition coefficient (Wildman–Crippen LogP) is 2.42. The van der Waals surface area contributed by atoms with E-state index in [1.807, 2.05) is 0 Å². The van der Waals surface area contributed by atoms with Crippen molar-refractivity contribution in [2.75, 3.05) is 0 Å². The number of carboxylic acids is 1. The first-order valence-electron chi connectivity index (χ1n) is 5.01. The second-order valence-electron chi connectivity index (χ2n) is 3.47. The number of benzene rings is 1. The lowest BCUT2D eigenvalue weighted by molar-refractivity contribution is 0.0691. The maximum atomic E-state index is 11.0. The first kappa shape index (κ1) is 12.6. The SMILES string of the molecule is Cc1noc(COc2cc(Br)ccc2C(=O)O)n1. The van der Waals surface area contributed by atoms with Gasteiger partial charge >= 0.3 is 5.97 Å². The molecule has 0 spiro atoms. The van der Waals surface area contributed by atoms with Gasteiger partial charge in [-0.2, -0.15) is 4.98 Å². The van der Waals surface area contributed by atoms with Crippen molar-refractivity contribution in [2.24, 2.45) is 0 Å². The Kier molecular flexibility index (Phi) is 3.61. The fraction of sp³-hybridized carbons (Fsp3) is 0.182. The Hall–Kier alpha value is -1.89. The lowest BCUT2D eigenvalue weighted by Gasteiger charge is -2.07. The summed E-state index contributed by atoms with van der Waals surface area (Å²) in [5.74, 6) is -0.0166. The molecular weight excluding hydrogens is 304 g/mol. The molecule has 0 amide bonds. The minimum absolute atomic E-state index is 0.0254. The predicted molar refractivity (Wildman–Crippen MR) is 64.5 cm³/mol. The number of nitrogens with zero attached hydrogens (tertiary/aromatic N) is 2. The molecule has 0 aliphatic carbocycles. The molecule has 0 saturated heterocycles. The summed E-state index contributed by atoms with van der Waals surface area (Å²) < 4.78 is 11.0. The molecular formula is C11H9BrN2O4. The van der Waals surface area contributed by atoms with E-state index in [0.29, 0.717) is 11.7 Å². The maximum absolute atomic E-state index is 11.0. The molecule has 7 heteroatoms. The fourth-order valence-corrected chi connectivity index (χ4v) is 1.67. The number of hydrogen-bond acceptors (Lipinski definition) is 5. The van der Waals surface area contributed by atoms with Crippen LogP contribution in [0.5, 0.6) is 5.75 Å². The van der Waals surface area contributed by atoms with Gasteiger partial charge in [0, 0.05) is 4.47 Å². The van der Waals surface area contributed by atoms with Crippen LogP contribution >= 0.6 is 15.9 Å². The second-order valence-corrected chi connectivity index (χ2v) is 4.39. The van der Waals surface area contributed by atoms with Crippen molar-refractivity contribution in [3.63, 3.8) is 0 Å². The van der Waals surface area contributed by atoms with E-state index in [4.69, 9.17) is 14.4 Å². The van der Waals surface area contributed by atoms with Crippen LogP contribution in [0.3, 0.4) is 0 Å². The van der Waals surface area contributed by atoms with E-state index in [2.05, 4.69) is 26.1 Å². The van der Waals surface area contributed by atoms with E-state index >= 15 is 0 Å². The van der Waals surface area contributed by atoms with Crippen LogP contribution in [0.1, 0.15) is 22.1 Å². The molecule has 1 aromatic heterocycles. The first-order chi connectivity index (χ1) is 8.56. The number of aromatic carboxylic acids is 1. The molecule has 0 radical (unpaired) electrons. The van der Waals surface area contributed by atoms with Gasteiger partial charge < -0.3 is 14.4 Å². The third-order valence-corrected chi connectivity index (χ3v) is 2.59. The number of aryl methyl sites for hydroxylation is 1. The molecule has 18 heavy (non-hydrogen) atoms. The van der Waals surface area contributed by atoms with Crippen molar-refractivity contribution in [3.8, 4) is 5.75 Å². The Balaban J connectivity index is 2.17. The number of aromatic nitrogens is 2. The largest absolute Gasteiger partial charge is 0.483 e. The highest BCUT2D eigenvalue weighted by molar-refractivity contribution is 9.10. The van der Waals surface area contributed by atoms with Gasteiger partial charge in [-0.05, 0) is 25.1 Å². The molecule has 0 bridgehead atoms. The summed E-state index contributed by atoms with van der Waals surface area (Å²) >= 11 is 3.25. The quantitative estimate of drug-likeness (QED) is 0.933. The summed E-state index contributed by atoms with van der Waals surface area (Å²) in [6, 6.07) is 4.67. The average molecular weight is 313 g/mol. The molecule has 6 nitrogen and oxygen atoms in total. The molecule has 0 aliphatic heterocycles. The molecule has 0 atom stereocenters. The molecule has 0 aliphatic rings. The highest BCUT2D eigenvalue weighted by atomic mass is 79.9. The zero-order chi connectivity index (χ0) is 13.1. The fourth-order valence-electron chi connectivity index (χ4n) is 1.33. The molecule has 2 aromatic rings. The zero-order valence-corrected chi connectivity index (χ0v) is 11.0. The summed E-state index contributed by atoms with van der Waals surface area (Å²) in [5, 5.41) is 12.6. The normalized spacial score (nSPS) is 10.3. The molecule has 0 saturated carbocycles. The van der Waals surface area contributed by atoms with E-state index in [1.54, 1.807) is 19.1 Å². The van der Waals surface area contributed by atoms with Crippen LogP contribution in [0.15, 0.2) is 27.2 Å². The molecule has 1 heterocycles. The van der Waals surface area contributed by atoms with Gasteiger partial charge in [0.25, 0.3) is 5.89 Å². The summed E-state index contributed by atoms with van der Waals surface area (Å²) in [7, 11) is 0. The molecule has 2 rings (SSSR count). The molecule has 0 fully saturated rings. The van der Waals surface area contributed by atoms with E-state index in [1.165, 1.54) is 6.07 Å². The Morgan fingerprint density at radius 2 is 2.33 bits per heavy atom. The van der Waals surface area contributed by atoms with Crippen molar-refractivity contribution in [1.82, 2.24) is 10.1 Å². The van der Waals surface area contributed by atoms with Crippen molar-refractivity contribution in [1.29, 1.82) is 0 Å². The Morgan fingerprint density at radius 1 is 1.56 bits per heavy atom. The summed E-state index contributed by atoms with van der Waals surface area (Å²) in [5.41, 5.74) is 0.0782. The number of rotatable bonds is 4. The molecule has 94 valence electrons. The van der Waals surface area contributed by atoms with Gasteiger partial charge in [0.05, 0.1) is 0 Å². The summed E-state index contributed by atoms with van der Waals surface area (Å²) in [4.78, 5) is 15.0. The van der Waals surface area contributed by atoms with Crippen LogP contribution < -0.4 is 4.74 Å². The van der Waals surface area contributed by atoms with Crippen molar-refractivity contribution >= 4 is 21.9 Å². The van der Waals surface area contributed by atoms with Crippen LogP contribution in [0, 0.1) is 6.92 Å². The van der Waals surface area contributed by atoms with Gasteiger partial charge in [-0.15, -0.1) is 0 Å². The molecule has 1 N–H and O–H groups in total.